The van der Waals surface area contributed by atoms with E-state index in [0.717, 1.165) is 17.3 Å². The highest BCUT2D eigenvalue weighted by atomic mass is 19.4. The van der Waals surface area contributed by atoms with E-state index in [1.54, 1.807) is 53.6 Å². The molecule has 6 rings (SSSR count). The molecule has 1 amide bonds. The van der Waals surface area contributed by atoms with Crippen LogP contribution in [0.25, 0.3) is 0 Å². The Kier molecular flexibility index (Phi) is 7.91. The number of aromatic nitrogens is 4. The molecule has 1 atom stereocenters. The average Bonchev–Trinajstić information content (AvgIpc) is 3.42. The van der Waals surface area contributed by atoms with Crippen LogP contribution < -0.4 is 20.1 Å². The molecule has 0 unspecified atom stereocenters. The van der Waals surface area contributed by atoms with Crippen molar-refractivity contribution in [1.29, 1.82) is 5.26 Å². The smallest absolute Gasteiger partial charge is 0.423 e. The number of amides is 1. The Morgan fingerprint density at radius 2 is 1.84 bits per heavy atom. The van der Waals surface area contributed by atoms with Gasteiger partial charge in [0.2, 0.25) is 0 Å². The first-order chi connectivity index (χ1) is 21.7. The van der Waals surface area contributed by atoms with Gasteiger partial charge in [-0.2, -0.15) is 23.5 Å². The van der Waals surface area contributed by atoms with Crippen LogP contribution in [-0.4, -0.2) is 57.2 Å². The van der Waals surface area contributed by atoms with E-state index in [1.165, 1.54) is 17.4 Å². The molecule has 0 aliphatic carbocycles. The van der Waals surface area contributed by atoms with Crippen molar-refractivity contribution < 1.29 is 22.7 Å². The van der Waals surface area contributed by atoms with Crippen LogP contribution in [0.5, 0.6) is 5.75 Å². The molecule has 228 valence electrons. The fourth-order valence-corrected chi connectivity index (χ4v) is 5.50. The molecule has 14 heteroatoms. The lowest BCUT2D eigenvalue weighted by atomic mass is 10.0. The molecule has 11 nitrogen and oxygen atoms in total. The zero-order chi connectivity index (χ0) is 31.6. The number of carbonyl (C=O) groups excluding carboxylic acids is 1. The van der Waals surface area contributed by atoms with Gasteiger partial charge in [0.25, 0.3) is 11.5 Å². The van der Waals surface area contributed by atoms with Gasteiger partial charge in [0, 0.05) is 38.3 Å². The number of anilines is 2. The van der Waals surface area contributed by atoms with Gasteiger partial charge >= 0.3 is 6.18 Å². The molecule has 2 aromatic carbocycles. The second-order valence-electron chi connectivity index (χ2n) is 10.4. The standard InChI is InChI=1S/C31H25F3N8O3/c32-31(33,34)28-26(17-38-39-29(28)43)42-19-21-4-1-2-7-24(21)25(42)8-13-45-23-6-3-5-20(14-23)30(44)41-11-9-40(10-12-41)27-18-36-22(15-35)16-37-27/h1-8,13-14,16-18,25H,9-12,19H2,(H,39,43)/b13-8+/t25-/m1/s1. The number of aromatic amines is 1. The summed E-state index contributed by atoms with van der Waals surface area (Å²) in [4.78, 5) is 38.9. The van der Waals surface area contributed by atoms with Crippen molar-refractivity contribution >= 4 is 17.4 Å². The number of carbonyl (C=O) groups is 1. The van der Waals surface area contributed by atoms with Crippen molar-refractivity contribution in [2.24, 2.45) is 0 Å². The number of alkyl halides is 3. The van der Waals surface area contributed by atoms with Gasteiger partial charge in [0.1, 0.15) is 23.2 Å². The molecule has 1 N–H and O–H groups in total. The molecule has 0 bridgehead atoms. The maximum Gasteiger partial charge on any atom is 0.423 e. The summed E-state index contributed by atoms with van der Waals surface area (Å²) in [5.41, 5.74) is -0.751. The number of piperazine rings is 1. The second-order valence-corrected chi connectivity index (χ2v) is 10.4. The first kappa shape index (κ1) is 29.4. The van der Waals surface area contributed by atoms with E-state index in [-0.39, 0.29) is 23.8 Å². The van der Waals surface area contributed by atoms with Crippen LogP contribution in [0.1, 0.15) is 38.8 Å². The number of H-pyrrole nitrogens is 1. The van der Waals surface area contributed by atoms with Crippen LogP contribution in [0, 0.1) is 11.3 Å². The summed E-state index contributed by atoms with van der Waals surface area (Å²) in [6.45, 7) is 2.14. The van der Waals surface area contributed by atoms with E-state index in [1.807, 2.05) is 28.2 Å². The Morgan fingerprint density at radius 1 is 1.04 bits per heavy atom. The van der Waals surface area contributed by atoms with Gasteiger partial charge in [-0.25, -0.2) is 15.1 Å². The summed E-state index contributed by atoms with van der Waals surface area (Å²) >= 11 is 0. The van der Waals surface area contributed by atoms with Gasteiger partial charge in [-0.15, -0.1) is 0 Å². The van der Waals surface area contributed by atoms with Crippen LogP contribution in [0.3, 0.4) is 0 Å². The Bertz CT molecular complexity index is 1840. The van der Waals surface area contributed by atoms with Crippen LogP contribution in [0.15, 0.2) is 84.3 Å². The number of hydrogen-bond donors (Lipinski definition) is 1. The van der Waals surface area contributed by atoms with Crippen LogP contribution in [0.4, 0.5) is 24.7 Å². The van der Waals surface area contributed by atoms with Crippen molar-refractivity contribution in [2.45, 2.75) is 18.8 Å². The summed E-state index contributed by atoms with van der Waals surface area (Å²) in [5, 5.41) is 14.4. The van der Waals surface area contributed by atoms with Crippen molar-refractivity contribution in [3.05, 3.63) is 118 Å². The molecule has 2 aromatic heterocycles. The average molecular weight is 615 g/mol. The molecule has 45 heavy (non-hydrogen) atoms. The van der Waals surface area contributed by atoms with Crippen molar-refractivity contribution in [2.75, 3.05) is 36.0 Å². The fraction of sp³-hybridized carbons (Fsp3) is 0.226. The third-order valence-corrected chi connectivity index (χ3v) is 7.67. The van der Waals surface area contributed by atoms with Gasteiger partial charge in [0.15, 0.2) is 5.69 Å². The summed E-state index contributed by atoms with van der Waals surface area (Å²) in [5.74, 6) is 0.833. The lowest BCUT2D eigenvalue weighted by Crippen LogP contribution is -2.49. The minimum absolute atomic E-state index is 0.133. The Labute approximate surface area is 254 Å². The molecule has 2 aliphatic heterocycles. The Morgan fingerprint density at radius 3 is 2.58 bits per heavy atom. The summed E-state index contributed by atoms with van der Waals surface area (Å²) in [7, 11) is 0. The van der Waals surface area contributed by atoms with E-state index in [2.05, 4.69) is 15.1 Å². The number of benzene rings is 2. The number of ether oxygens (including phenoxy) is 1. The molecule has 1 fully saturated rings. The zero-order valence-electron chi connectivity index (χ0n) is 23.6. The summed E-state index contributed by atoms with van der Waals surface area (Å²) in [6, 6.07) is 15.1. The van der Waals surface area contributed by atoms with Gasteiger partial charge in [0.05, 0.1) is 36.6 Å². The van der Waals surface area contributed by atoms with Crippen molar-refractivity contribution in [3.63, 3.8) is 0 Å². The number of hydrogen-bond acceptors (Lipinski definition) is 9. The summed E-state index contributed by atoms with van der Waals surface area (Å²) < 4.78 is 47.5. The lowest BCUT2D eigenvalue weighted by molar-refractivity contribution is -0.138. The van der Waals surface area contributed by atoms with E-state index in [9.17, 15) is 22.8 Å². The number of nitrogens with one attached hydrogen (secondary N) is 1. The largest absolute Gasteiger partial charge is 0.465 e. The fourth-order valence-electron chi connectivity index (χ4n) is 5.50. The Balaban J connectivity index is 1.16. The third kappa shape index (κ3) is 6.05. The molecule has 0 spiro atoms. The van der Waals surface area contributed by atoms with Crippen molar-refractivity contribution in [1.82, 2.24) is 25.1 Å². The minimum atomic E-state index is -4.89. The quantitative estimate of drug-likeness (QED) is 0.320. The van der Waals surface area contributed by atoms with Gasteiger partial charge in [-0.05, 0) is 35.4 Å². The molecular formula is C31H25F3N8O3. The molecule has 0 saturated carbocycles. The SMILES string of the molecule is N#Cc1cnc(N2CCN(C(=O)c3cccc(O/C=C/[C@@H]4c5ccccc5CN4c4cn[nH]c(=O)c4C(F)(F)F)c3)CC2)cn1. The Hall–Kier alpha value is -5.71. The third-order valence-electron chi connectivity index (χ3n) is 7.67. The number of fused-ring (bicyclic) bond motifs is 1. The minimum Gasteiger partial charge on any atom is -0.465 e. The van der Waals surface area contributed by atoms with E-state index in [4.69, 9.17) is 10.00 Å². The first-order valence-corrected chi connectivity index (χ1v) is 13.9. The lowest BCUT2D eigenvalue weighted by Gasteiger charge is -2.35. The van der Waals surface area contributed by atoms with Crippen molar-refractivity contribution in [3.8, 4) is 11.8 Å². The first-order valence-electron chi connectivity index (χ1n) is 13.9. The van der Waals surface area contributed by atoms with Gasteiger partial charge < -0.3 is 19.4 Å². The molecule has 2 aliphatic rings. The molecule has 4 aromatic rings. The number of rotatable bonds is 6. The highest BCUT2D eigenvalue weighted by Gasteiger charge is 2.41. The zero-order valence-corrected chi connectivity index (χ0v) is 23.6. The maximum absolute atomic E-state index is 13.9. The van der Waals surface area contributed by atoms with Crippen LogP contribution in [-0.2, 0) is 12.7 Å². The maximum atomic E-state index is 13.9. The number of halogens is 3. The summed E-state index contributed by atoms with van der Waals surface area (Å²) in [6.07, 6.45) is 2.05. The molecule has 0 radical (unpaired) electrons. The van der Waals surface area contributed by atoms with E-state index >= 15 is 0 Å². The van der Waals surface area contributed by atoms with E-state index in [0.29, 0.717) is 43.3 Å². The highest BCUT2D eigenvalue weighted by molar-refractivity contribution is 5.94. The van der Waals surface area contributed by atoms with Gasteiger partial charge in [-0.3, -0.25) is 9.59 Å². The number of nitriles is 1. The molecular weight excluding hydrogens is 589 g/mol. The highest BCUT2D eigenvalue weighted by Crippen LogP contribution is 2.42. The van der Waals surface area contributed by atoms with Crippen LogP contribution >= 0.6 is 0 Å². The predicted molar refractivity (Wildman–Crippen MR) is 156 cm³/mol. The second kappa shape index (κ2) is 12.1. The van der Waals surface area contributed by atoms with Gasteiger partial charge in [-0.1, -0.05) is 30.3 Å². The molecule has 1 saturated heterocycles. The molecule has 4 heterocycles. The topological polar surface area (TPSA) is 131 Å². The number of nitrogens with zero attached hydrogens (tertiary/aromatic N) is 7. The van der Waals surface area contributed by atoms with E-state index < -0.39 is 23.3 Å². The monoisotopic (exact) mass is 614 g/mol. The normalized spacial score (nSPS) is 16.5. The van der Waals surface area contributed by atoms with Crippen LogP contribution in [0.2, 0.25) is 0 Å². The predicted octanol–water partition coefficient (Wildman–Crippen LogP) is 4.07.